The van der Waals surface area contributed by atoms with Crippen molar-refractivity contribution >= 4 is 17.7 Å². The molecule has 1 aliphatic rings. The number of rotatable bonds is 5. The van der Waals surface area contributed by atoms with Gasteiger partial charge in [-0.2, -0.15) is 0 Å². The van der Waals surface area contributed by atoms with E-state index >= 15 is 0 Å². The number of amides is 1. The lowest BCUT2D eigenvalue weighted by atomic mass is 10.2. The van der Waals surface area contributed by atoms with Crippen LogP contribution in [0.15, 0.2) is 60.9 Å². The number of aromatic nitrogens is 3. The van der Waals surface area contributed by atoms with Crippen LogP contribution in [0.5, 0.6) is 0 Å². The van der Waals surface area contributed by atoms with Crippen molar-refractivity contribution < 1.29 is 9.18 Å². The lowest BCUT2D eigenvalue weighted by molar-refractivity contribution is 0.0740. The zero-order valence-electron chi connectivity index (χ0n) is 15.8. The third kappa shape index (κ3) is 4.66. The smallest absolute Gasteiger partial charge is 0.272 e. The highest BCUT2D eigenvalue weighted by Gasteiger charge is 2.23. The first-order chi connectivity index (χ1) is 14.2. The molecule has 7 nitrogen and oxygen atoms in total. The lowest BCUT2D eigenvalue weighted by Gasteiger charge is -2.35. The quantitative estimate of drug-likeness (QED) is 0.720. The van der Waals surface area contributed by atoms with E-state index in [0.29, 0.717) is 31.3 Å². The summed E-state index contributed by atoms with van der Waals surface area (Å²) in [6.45, 7) is 3.11. The van der Waals surface area contributed by atoms with Crippen molar-refractivity contribution in [1.82, 2.24) is 19.9 Å². The van der Waals surface area contributed by atoms with Gasteiger partial charge >= 0.3 is 0 Å². The summed E-state index contributed by atoms with van der Waals surface area (Å²) >= 11 is 0. The first-order valence-corrected chi connectivity index (χ1v) is 9.46. The summed E-state index contributed by atoms with van der Waals surface area (Å²) in [4.78, 5) is 29.7. The molecule has 0 aliphatic carbocycles. The fourth-order valence-corrected chi connectivity index (χ4v) is 3.19. The molecule has 0 radical (unpaired) electrons. The highest BCUT2D eigenvalue weighted by atomic mass is 19.1. The Labute approximate surface area is 168 Å². The second-order valence-corrected chi connectivity index (χ2v) is 6.71. The van der Waals surface area contributed by atoms with E-state index in [1.165, 1.54) is 12.1 Å². The van der Waals surface area contributed by atoms with Crippen molar-refractivity contribution in [2.45, 2.75) is 6.54 Å². The molecule has 2 aromatic heterocycles. The minimum atomic E-state index is -0.277. The van der Waals surface area contributed by atoms with Gasteiger partial charge in [0.1, 0.15) is 17.3 Å². The molecule has 3 aromatic rings. The van der Waals surface area contributed by atoms with Gasteiger partial charge in [0.25, 0.3) is 5.91 Å². The van der Waals surface area contributed by atoms with Crippen LogP contribution in [0.25, 0.3) is 0 Å². The molecular weight excluding hydrogens is 371 g/mol. The van der Waals surface area contributed by atoms with Crippen LogP contribution in [0.1, 0.15) is 16.1 Å². The molecule has 8 heteroatoms. The molecule has 1 saturated heterocycles. The third-order valence-corrected chi connectivity index (χ3v) is 4.78. The maximum absolute atomic E-state index is 13.0. The number of carbonyl (C=O) groups is 1. The van der Waals surface area contributed by atoms with Gasteiger partial charge in [-0.05, 0) is 35.9 Å². The molecule has 1 aliphatic heterocycles. The molecule has 0 spiro atoms. The zero-order valence-corrected chi connectivity index (χ0v) is 15.8. The molecule has 0 unspecified atom stereocenters. The average molecular weight is 392 g/mol. The van der Waals surface area contributed by atoms with Crippen LogP contribution in [0.3, 0.4) is 0 Å². The van der Waals surface area contributed by atoms with Gasteiger partial charge in [-0.3, -0.25) is 4.79 Å². The van der Waals surface area contributed by atoms with Gasteiger partial charge < -0.3 is 15.1 Å². The summed E-state index contributed by atoms with van der Waals surface area (Å²) in [6.07, 6.45) is 3.34. The molecule has 148 valence electrons. The van der Waals surface area contributed by atoms with E-state index in [0.717, 1.165) is 24.5 Å². The van der Waals surface area contributed by atoms with Gasteiger partial charge in [-0.25, -0.2) is 19.3 Å². The van der Waals surface area contributed by atoms with Crippen molar-refractivity contribution in [2.75, 3.05) is 36.4 Å². The molecule has 0 atom stereocenters. The Morgan fingerprint density at radius 3 is 2.48 bits per heavy atom. The number of carbonyl (C=O) groups excluding carboxylic acids is 1. The fourth-order valence-electron chi connectivity index (χ4n) is 3.19. The molecule has 1 fully saturated rings. The van der Waals surface area contributed by atoms with Crippen molar-refractivity contribution in [3.8, 4) is 0 Å². The normalized spacial score (nSPS) is 14.0. The number of nitrogens with one attached hydrogen (secondary N) is 1. The molecule has 0 saturated carbocycles. The first kappa shape index (κ1) is 18.8. The average Bonchev–Trinajstić information content (AvgIpc) is 2.79. The second kappa shape index (κ2) is 8.64. The van der Waals surface area contributed by atoms with Crippen LogP contribution in [0.2, 0.25) is 0 Å². The van der Waals surface area contributed by atoms with Gasteiger partial charge in [0.05, 0.1) is 0 Å². The third-order valence-electron chi connectivity index (χ3n) is 4.78. The predicted octanol–water partition coefficient (Wildman–Crippen LogP) is 2.59. The summed E-state index contributed by atoms with van der Waals surface area (Å²) < 4.78 is 13.0. The second-order valence-electron chi connectivity index (χ2n) is 6.71. The molecule has 4 rings (SSSR count). The molecule has 1 N–H and O–H groups in total. The summed E-state index contributed by atoms with van der Waals surface area (Å²) in [6, 6.07) is 13.6. The van der Waals surface area contributed by atoms with E-state index in [9.17, 15) is 9.18 Å². The zero-order chi connectivity index (χ0) is 20.1. The van der Waals surface area contributed by atoms with E-state index in [1.54, 1.807) is 35.5 Å². The molecule has 29 heavy (non-hydrogen) atoms. The van der Waals surface area contributed by atoms with E-state index in [-0.39, 0.29) is 11.7 Å². The number of hydrogen-bond donors (Lipinski definition) is 1. The van der Waals surface area contributed by atoms with Gasteiger partial charge in [0, 0.05) is 45.1 Å². The maximum atomic E-state index is 13.0. The summed E-state index contributed by atoms with van der Waals surface area (Å²) in [5.74, 6) is 0.903. The van der Waals surface area contributed by atoms with E-state index in [4.69, 9.17) is 0 Å². The molecular formula is C21H21FN6O. The van der Waals surface area contributed by atoms with Crippen LogP contribution in [0.4, 0.5) is 16.2 Å². The highest BCUT2D eigenvalue weighted by molar-refractivity contribution is 5.92. The Balaban J connectivity index is 1.35. The number of piperazine rings is 1. The molecule has 1 amide bonds. The van der Waals surface area contributed by atoms with Gasteiger partial charge in [-0.15, -0.1) is 0 Å². The number of pyridine rings is 1. The predicted molar refractivity (Wildman–Crippen MR) is 108 cm³/mol. The topological polar surface area (TPSA) is 74.2 Å². The largest absolute Gasteiger partial charge is 0.353 e. The molecule has 1 aromatic carbocycles. The monoisotopic (exact) mass is 392 g/mol. The maximum Gasteiger partial charge on any atom is 0.272 e. The Hall–Kier alpha value is -3.55. The van der Waals surface area contributed by atoms with E-state index < -0.39 is 0 Å². The number of hydrogen-bond acceptors (Lipinski definition) is 6. The van der Waals surface area contributed by atoms with Crippen molar-refractivity contribution in [1.29, 1.82) is 0 Å². The fraction of sp³-hybridized carbons (Fsp3) is 0.238. The minimum Gasteiger partial charge on any atom is -0.353 e. The summed E-state index contributed by atoms with van der Waals surface area (Å²) in [5, 5.41) is 3.08. The Morgan fingerprint density at radius 2 is 1.76 bits per heavy atom. The standard InChI is InChI=1S/C21H21FN6O/c22-17-6-4-16(5-7-17)15-25-21-24-10-8-18(26-21)20(29)28-13-11-27(12-14-28)19-3-1-2-9-23-19/h1-10H,11-15H2,(H,24,25,26). The van der Waals surface area contributed by atoms with Gasteiger partial charge in [-0.1, -0.05) is 18.2 Å². The molecule has 0 bridgehead atoms. The minimum absolute atomic E-state index is 0.113. The number of anilines is 2. The first-order valence-electron chi connectivity index (χ1n) is 9.46. The summed E-state index contributed by atoms with van der Waals surface area (Å²) in [5.41, 5.74) is 1.25. The van der Waals surface area contributed by atoms with Gasteiger partial charge in [0.15, 0.2) is 0 Å². The Morgan fingerprint density at radius 1 is 0.966 bits per heavy atom. The highest BCUT2D eigenvalue weighted by Crippen LogP contribution is 2.14. The Bertz CT molecular complexity index is 958. The number of benzene rings is 1. The van der Waals surface area contributed by atoms with E-state index in [2.05, 4.69) is 25.2 Å². The SMILES string of the molecule is O=C(c1ccnc(NCc2ccc(F)cc2)n1)N1CCN(c2ccccn2)CC1. The Kier molecular flexibility index (Phi) is 5.60. The van der Waals surface area contributed by atoms with Crippen molar-refractivity contribution in [3.05, 3.63) is 78.0 Å². The number of halogens is 1. The van der Waals surface area contributed by atoms with E-state index in [1.807, 2.05) is 18.2 Å². The summed E-state index contributed by atoms with van der Waals surface area (Å²) in [7, 11) is 0. The van der Waals surface area contributed by atoms with Crippen LogP contribution in [-0.2, 0) is 6.54 Å². The van der Waals surface area contributed by atoms with Crippen LogP contribution in [0, 0.1) is 5.82 Å². The van der Waals surface area contributed by atoms with Crippen LogP contribution < -0.4 is 10.2 Å². The van der Waals surface area contributed by atoms with Crippen molar-refractivity contribution in [3.63, 3.8) is 0 Å². The lowest BCUT2D eigenvalue weighted by Crippen LogP contribution is -2.49. The van der Waals surface area contributed by atoms with Crippen LogP contribution >= 0.6 is 0 Å². The van der Waals surface area contributed by atoms with Crippen molar-refractivity contribution in [2.24, 2.45) is 0 Å². The number of nitrogens with zero attached hydrogens (tertiary/aromatic N) is 5. The molecule has 3 heterocycles. The van der Waals surface area contributed by atoms with Crippen LogP contribution in [-0.4, -0.2) is 51.9 Å². The van der Waals surface area contributed by atoms with Gasteiger partial charge in [0.2, 0.25) is 5.95 Å².